The predicted octanol–water partition coefficient (Wildman–Crippen LogP) is 1.72. The van der Waals surface area contributed by atoms with Gasteiger partial charge in [-0.2, -0.15) is 4.98 Å². The van der Waals surface area contributed by atoms with Gasteiger partial charge in [0.1, 0.15) is 0 Å². The van der Waals surface area contributed by atoms with Gasteiger partial charge in [-0.3, -0.25) is 0 Å². The second-order valence-electron chi connectivity index (χ2n) is 4.73. The molecule has 3 N–H and O–H groups in total. The van der Waals surface area contributed by atoms with Crippen LogP contribution in [0.1, 0.15) is 32.9 Å². The van der Waals surface area contributed by atoms with Gasteiger partial charge in [-0.1, -0.05) is 6.92 Å². The zero-order valence-corrected chi connectivity index (χ0v) is 11.1. The van der Waals surface area contributed by atoms with Gasteiger partial charge in [0.05, 0.1) is 6.61 Å². The SMILES string of the molecule is CCCOc1cc(C)nc(NC(C)(C)CN)n1. The van der Waals surface area contributed by atoms with Crippen LogP contribution in [-0.2, 0) is 0 Å². The van der Waals surface area contributed by atoms with Crippen LogP contribution in [0.2, 0.25) is 0 Å². The van der Waals surface area contributed by atoms with E-state index >= 15 is 0 Å². The molecule has 5 nitrogen and oxygen atoms in total. The van der Waals surface area contributed by atoms with E-state index in [4.69, 9.17) is 10.5 Å². The summed E-state index contributed by atoms with van der Waals surface area (Å²) in [4.78, 5) is 8.62. The second-order valence-corrected chi connectivity index (χ2v) is 4.73. The molecular weight excluding hydrogens is 216 g/mol. The molecule has 0 fully saturated rings. The number of aromatic nitrogens is 2. The molecule has 0 aliphatic rings. The molecule has 0 saturated heterocycles. The smallest absolute Gasteiger partial charge is 0.226 e. The van der Waals surface area contributed by atoms with E-state index < -0.39 is 0 Å². The highest BCUT2D eigenvalue weighted by atomic mass is 16.5. The zero-order valence-electron chi connectivity index (χ0n) is 11.1. The minimum atomic E-state index is -0.226. The highest BCUT2D eigenvalue weighted by Crippen LogP contribution is 2.15. The van der Waals surface area contributed by atoms with Crippen LogP contribution in [0.5, 0.6) is 5.88 Å². The van der Waals surface area contributed by atoms with Crippen molar-refractivity contribution in [1.29, 1.82) is 0 Å². The molecule has 0 atom stereocenters. The van der Waals surface area contributed by atoms with E-state index in [2.05, 4.69) is 22.2 Å². The van der Waals surface area contributed by atoms with Crippen LogP contribution >= 0.6 is 0 Å². The van der Waals surface area contributed by atoms with Crippen LogP contribution in [0.4, 0.5) is 5.95 Å². The Hall–Kier alpha value is -1.36. The summed E-state index contributed by atoms with van der Waals surface area (Å²) in [6.07, 6.45) is 0.958. The van der Waals surface area contributed by atoms with Gasteiger partial charge in [0.2, 0.25) is 11.8 Å². The Morgan fingerprint density at radius 2 is 2.12 bits per heavy atom. The maximum atomic E-state index is 5.66. The lowest BCUT2D eigenvalue weighted by Gasteiger charge is -2.24. The third-order valence-corrected chi connectivity index (χ3v) is 2.25. The summed E-state index contributed by atoms with van der Waals surface area (Å²) in [6, 6.07) is 1.83. The van der Waals surface area contributed by atoms with Crippen LogP contribution in [-0.4, -0.2) is 28.7 Å². The van der Waals surface area contributed by atoms with E-state index in [-0.39, 0.29) is 5.54 Å². The first-order valence-electron chi connectivity index (χ1n) is 5.93. The Kier molecular flexibility index (Phi) is 4.69. The highest BCUT2D eigenvalue weighted by molar-refractivity contribution is 5.33. The first kappa shape index (κ1) is 13.7. The van der Waals surface area contributed by atoms with Crippen LogP contribution in [0, 0.1) is 6.92 Å². The Morgan fingerprint density at radius 3 is 2.71 bits per heavy atom. The van der Waals surface area contributed by atoms with Crippen LogP contribution in [0.15, 0.2) is 6.07 Å². The van der Waals surface area contributed by atoms with Crippen molar-refractivity contribution in [1.82, 2.24) is 9.97 Å². The van der Waals surface area contributed by atoms with E-state index in [9.17, 15) is 0 Å². The van der Waals surface area contributed by atoms with Gasteiger partial charge in [-0.25, -0.2) is 4.98 Å². The third kappa shape index (κ3) is 4.56. The van der Waals surface area contributed by atoms with E-state index in [0.29, 0.717) is 25.0 Å². The van der Waals surface area contributed by atoms with Gasteiger partial charge in [-0.15, -0.1) is 0 Å². The standard InChI is InChI=1S/C12H22N4O/c1-5-6-17-10-7-9(2)14-11(15-10)16-12(3,4)8-13/h7H,5-6,8,13H2,1-4H3,(H,14,15,16). The first-order valence-corrected chi connectivity index (χ1v) is 5.93. The maximum Gasteiger partial charge on any atom is 0.226 e. The number of nitrogens with zero attached hydrogens (tertiary/aromatic N) is 2. The summed E-state index contributed by atoms with van der Waals surface area (Å²) in [5.74, 6) is 1.17. The van der Waals surface area contributed by atoms with Gasteiger partial charge in [0.15, 0.2) is 0 Å². The summed E-state index contributed by atoms with van der Waals surface area (Å²) < 4.78 is 5.50. The molecule has 1 aromatic heterocycles. The molecule has 17 heavy (non-hydrogen) atoms. The normalized spacial score (nSPS) is 11.4. The lowest BCUT2D eigenvalue weighted by molar-refractivity contribution is 0.304. The van der Waals surface area contributed by atoms with Crippen molar-refractivity contribution < 1.29 is 4.74 Å². The maximum absolute atomic E-state index is 5.66. The summed E-state index contributed by atoms with van der Waals surface area (Å²) in [7, 11) is 0. The Labute approximate surface area is 103 Å². The Balaban J connectivity index is 2.82. The molecule has 0 unspecified atom stereocenters. The van der Waals surface area contributed by atoms with Crippen LogP contribution < -0.4 is 15.8 Å². The number of nitrogens with two attached hydrogens (primary N) is 1. The van der Waals surface area contributed by atoms with Crippen molar-refractivity contribution in [3.63, 3.8) is 0 Å². The predicted molar refractivity (Wildman–Crippen MR) is 69.3 cm³/mol. The largest absolute Gasteiger partial charge is 0.478 e. The molecule has 0 aromatic carbocycles. The van der Waals surface area contributed by atoms with Crippen molar-refractivity contribution in [2.75, 3.05) is 18.5 Å². The molecule has 0 aliphatic carbocycles. The number of nitrogens with one attached hydrogen (secondary N) is 1. The van der Waals surface area contributed by atoms with Crippen molar-refractivity contribution in [2.45, 2.75) is 39.7 Å². The summed E-state index contributed by atoms with van der Waals surface area (Å²) in [6.45, 7) is 9.16. The summed E-state index contributed by atoms with van der Waals surface area (Å²) in [5.41, 5.74) is 6.31. The fourth-order valence-corrected chi connectivity index (χ4v) is 1.23. The number of hydrogen-bond donors (Lipinski definition) is 2. The molecular formula is C12H22N4O. The van der Waals surface area contributed by atoms with Crippen LogP contribution in [0.25, 0.3) is 0 Å². The number of rotatable bonds is 6. The second kappa shape index (κ2) is 5.82. The monoisotopic (exact) mass is 238 g/mol. The number of ether oxygens (including phenoxy) is 1. The van der Waals surface area contributed by atoms with Gasteiger partial charge < -0.3 is 15.8 Å². The number of anilines is 1. The molecule has 1 rings (SSSR count). The van der Waals surface area contributed by atoms with Crippen LogP contribution in [0.3, 0.4) is 0 Å². The average molecular weight is 238 g/mol. The molecule has 5 heteroatoms. The Morgan fingerprint density at radius 1 is 1.41 bits per heavy atom. The van der Waals surface area contributed by atoms with Gasteiger partial charge >= 0.3 is 0 Å². The summed E-state index contributed by atoms with van der Waals surface area (Å²) in [5, 5.41) is 3.20. The minimum Gasteiger partial charge on any atom is -0.478 e. The molecule has 0 saturated carbocycles. The molecule has 0 radical (unpaired) electrons. The molecule has 96 valence electrons. The van der Waals surface area contributed by atoms with E-state index in [1.54, 1.807) is 0 Å². The molecule has 0 aliphatic heterocycles. The number of hydrogen-bond acceptors (Lipinski definition) is 5. The minimum absolute atomic E-state index is 0.226. The van der Waals surface area contributed by atoms with E-state index in [1.165, 1.54) is 0 Å². The lowest BCUT2D eigenvalue weighted by atomic mass is 10.1. The Bertz CT molecular complexity index is 366. The topological polar surface area (TPSA) is 73.1 Å². The quantitative estimate of drug-likeness (QED) is 0.789. The third-order valence-electron chi connectivity index (χ3n) is 2.25. The van der Waals surface area contributed by atoms with E-state index in [0.717, 1.165) is 12.1 Å². The molecule has 1 heterocycles. The summed E-state index contributed by atoms with van der Waals surface area (Å²) >= 11 is 0. The van der Waals surface area contributed by atoms with Crippen molar-refractivity contribution in [2.24, 2.45) is 5.73 Å². The number of aryl methyl sites for hydroxylation is 1. The average Bonchev–Trinajstić information content (AvgIpc) is 2.25. The molecule has 0 amide bonds. The lowest BCUT2D eigenvalue weighted by Crippen LogP contribution is -2.39. The zero-order chi connectivity index (χ0) is 12.9. The first-order chi connectivity index (χ1) is 7.96. The van der Waals surface area contributed by atoms with Gasteiger partial charge in [0, 0.05) is 23.8 Å². The highest BCUT2D eigenvalue weighted by Gasteiger charge is 2.16. The fraction of sp³-hybridized carbons (Fsp3) is 0.667. The van der Waals surface area contributed by atoms with E-state index in [1.807, 2.05) is 26.8 Å². The fourth-order valence-electron chi connectivity index (χ4n) is 1.23. The van der Waals surface area contributed by atoms with Crippen molar-refractivity contribution in [3.8, 4) is 5.88 Å². The molecule has 0 bridgehead atoms. The van der Waals surface area contributed by atoms with Crippen molar-refractivity contribution >= 4 is 5.95 Å². The molecule has 0 spiro atoms. The van der Waals surface area contributed by atoms with Gasteiger partial charge in [-0.05, 0) is 27.2 Å². The molecule has 1 aromatic rings. The van der Waals surface area contributed by atoms with Gasteiger partial charge in [0.25, 0.3) is 0 Å². The van der Waals surface area contributed by atoms with Crippen molar-refractivity contribution in [3.05, 3.63) is 11.8 Å².